The lowest BCUT2D eigenvalue weighted by Crippen LogP contribution is -2.25. The molecule has 0 aliphatic heterocycles. The summed E-state index contributed by atoms with van der Waals surface area (Å²) in [7, 11) is 0. The Morgan fingerprint density at radius 3 is 2.27 bits per heavy atom. The number of benzene rings is 1. The second-order valence-electron chi connectivity index (χ2n) is 10.6. The van der Waals surface area contributed by atoms with E-state index in [1.807, 2.05) is 6.07 Å². The zero-order chi connectivity index (χ0) is 27.2. The van der Waals surface area contributed by atoms with Crippen LogP contribution < -0.4 is 0 Å². The number of unbranched alkanes of at least 4 members (excludes halogenated alkanes) is 4. The molecule has 0 bridgehead atoms. The Bertz CT molecular complexity index is 901. The van der Waals surface area contributed by atoms with Gasteiger partial charge < -0.3 is 14.6 Å². The number of rotatable bonds is 16. The lowest BCUT2D eigenvalue weighted by Gasteiger charge is -2.31. The van der Waals surface area contributed by atoms with Gasteiger partial charge in [-0.3, -0.25) is 0 Å². The summed E-state index contributed by atoms with van der Waals surface area (Å²) < 4.78 is 25.4. The van der Waals surface area contributed by atoms with Crippen molar-refractivity contribution in [2.24, 2.45) is 11.8 Å². The van der Waals surface area contributed by atoms with Gasteiger partial charge in [0, 0.05) is 11.5 Å². The summed E-state index contributed by atoms with van der Waals surface area (Å²) in [6.45, 7) is 10.6. The fraction of sp³-hybridized carbons (Fsp3) is 0.613. The number of carbonyl (C=O) groups is 2. The van der Waals surface area contributed by atoms with Gasteiger partial charge >= 0.3 is 11.9 Å². The van der Waals surface area contributed by atoms with Gasteiger partial charge in [-0.25, -0.2) is 14.0 Å². The molecule has 1 aliphatic rings. The van der Waals surface area contributed by atoms with Gasteiger partial charge in [-0.1, -0.05) is 57.9 Å². The maximum atomic E-state index is 14.8. The number of esters is 2. The van der Waals surface area contributed by atoms with Crippen molar-refractivity contribution in [3.05, 3.63) is 59.4 Å². The molecule has 1 aromatic carbocycles. The second-order valence-corrected chi connectivity index (χ2v) is 10.6. The van der Waals surface area contributed by atoms with Gasteiger partial charge in [0.05, 0.1) is 25.4 Å². The number of aryl methyl sites for hydroxylation is 1. The monoisotopic (exact) mass is 516 g/mol. The van der Waals surface area contributed by atoms with Crippen LogP contribution in [-0.4, -0.2) is 36.9 Å². The third-order valence-electron chi connectivity index (χ3n) is 7.34. The van der Waals surface area contributed by atoms with E-state index in [9.17, 15) is 14.0 Å². The van der Waals surface area contributed by atoms with E-state index < -0.39 is 18.5 Å². The number of aliphatic hydroxyl groups excluding tert-OH is 1. The first-order valence-electron chi connectivity index (χ1n) is 13.8. The fourth-order valence-electron chi connectivity index (χ4n) is 5.00. The van der Waals surface area contributed by atoms with Gasteiger partial charge in [0.2, 0.25) is 0 Å². The summed E-state index contributed by atoms with van der Waals surface area (Å²) in [4.78, 5) is 23.8. The molecule has 1 saturated carbocycles. The molecule has 0 amide bonds. The molecule has 2 rings (SSSR count). The minimum absolute atomic E-state index is 0.00654. The molecule has 37 heavy (non-hydrogen) atoms. The average Bonchev–Trinajstić information content (AvgIpc) is 2.90. The topological polar surface area (TPSA) is 72.8 Å². The summed E-state index contributed by atoms with van der Waals surface area (Å²) in [5, 5.41) is 9.08. The van der Waals surface area contributed by atoms with Crippen LogP contribution in [0.25, 0.3) is 0 Å². The molecule has 6 heteroatoms. The Labute approximate surface area is 222 Å². The molecule has 206 valence electrons. The van der Waals surface area contributed by atoms with E-state index in [0.717, 1.165) is 62.5 Å². The number of hydrogen-bond acceptors (Lipinski definition) is 5. The van der Waals surface area contributed by atoms with Crippen molar-refractivity contribution in [1.29, 1.82) is 0 Å². The number of carbonyl (C=O) groups excluding carboxylic acids is 2. The van der Waals surface area contributed by atoms with E-state index in [0.29, 0.717) is 17.4 Å². The zero-order valence-corrected chi connectivity index (χ0v) is 22.7. The van der Waals surface area contributed by atoms with Gasteiger partial charge in [0.25, 0.3) is 0 Å². The summed E-state index contributed by atoms with van der Waals surface area (Å²) in [6.07, 6.45) is 11.3. The molecule has 0 heterocycles. The van der Waals surface area contributed by atoms with Crippen molar-refractivity contribution in [3.8, 4) is 0 Å². The summed E-state index contributed by atoms with van der Waals surface area (Å²) >= 11 is 0. The molecule has 1 aliphatic carbocycles. The zero-order valence-electron chi connectivity index (χ0n) is 22.7. The normalized spacial score (nSPS) is 18.2. The number of ether oxygens (including phenoxy) is 2. The van der Waals surface area contributed by atoms with Crippen molar-refractivity contribution >= 4 is 11.9 Å². The number of halogens is 1. The maximum Gasteiger partial charge on any atom is 0.335 e. The van der Waals surface area contributed by atoms with Crippen LogP contribution in [0.1, 0.15) is 95.1 Å². The molecule has 1 N–H and O–H groups in total. The van der Waals surface area contributed by atoms with Gasteiger partial charge in [0.1, 0.15) is 5.82 Å². The molecule has 1 aromatic rings. The van der Waals surface area contributed by atoms with Crippen LogP contribution in [0.15, 0.2) is 42.5 Å². The predicted octanol–water partition coefficient (Wildman–Crippen LogP) is 6.83. The molecule has 1 atom stereocenters. The second kappa shape index (κ2) is 16.4. The average molecular weight is 517 g/mol. The summed E-state index contributed by atoms with van der Waals surface area (Å²) in [5.41, 5.74) is 2.21. The first-order chi connectivity index (χ1) is 17.7. The molecule has 1 fully saturated rings. The minimum atomic E-state index is -0.645. The Morgan fingerprint density at radius 2 is 1.68 bits per heavy atom. The standard InChI is InChI=1S/C31H45FO5/c1-5-6-7-8-9-10-27-15-16-28(18-29(27)32)26-13-11-24(12-14-26)17-25(20-36-30(34)22(2)3)21-37-31(35)23(4)19-33/h15-16,18,24-26,33H,2,4-14,17,19-21H2,1,3H3. The van der Waals surface area contributed by atoms with Crippen molar-refractivity contribution in [2.75, 3.05) is 19.8 Å². The highest BCUT2D eigenvalue weighted by atomic mass is 19.1. The first kappa shape index (κ1) is 30.8. The SMILES string of the molecule is C=C(C)C(=O)OCC(COC(=O)C(=C)CO)CC1CCC(c2ccc(CCCCCCC)c(F)c2)CC1. The van der Waals surface area contributed by atoms with E-state index in [-0.39, 0.29) is 30.5 Å². The highest BCUT2D eigenvalue weighted by Crippen LogP contribution is 2.39. The maximum absolute atomic E-state index is 14.8. The van der Waals surface area contributed by atoms with Gasteiger partial charge in [-0.2, -0.15) is 0 Å². The first-order valence-corrected chi connectivity index (χ1v) is 13.8. The van der Waals surface area contributed by atoms with Crippen LogP contribution in [0.3, 0.4) is 0 Å². The van der Waals surface area contributed by atoms with E-state index in [1.165, 1.54) is 19.3 Å². The Morgan fingerprint density at radius 1 is 1.03 bits per heavy atom. The molecule has 0 spiro atoms. The molecule has 0 saturated heterocycles. The number of aliphatic hydroxyl groups is 1. The van der Waals surface area contributed by atoms with Crippen LogP contribution in [0.2, 0.25) is 0 Å². The molecule has 1 unspecified atom stereocenters. The van der Waals surface area contributed by atoms with Gasteiger partial charge in [-0.15, -0.1) is 0 Å². The minimum Gasteiger partial charge on any atom is -0.462 e. The quantitative estimate of drug-likeness (QED) is 0.148. The number of hydrogen-bond donors (Lipinski definition) is 1. The Balaban J connectivity index is 1.88. The molecular formula is C31H45FO5. The molecule has 0 aromatic heterocycles. The van der Waals surface area contributed by atoms with Crippen molar-refractivity contribution in [1.82, 2.24) is 0 Å². The smallest absolute Gasteiger partial charge is 0.335 e. The van der Waals surface area contributed by atoms with E-state index in [2.05, 4.69) is 26.1 Å². The van der Waals surface area contributed by atoms with Gasteiger partial charge in [-0.05, 0) is 80.9 Å². The van der Waals surface area contributed by atoms with E-state index in [4.69, 9.17) is 14.6 Å². The largest absolute Gasteiger partial charge is 0.462 e. The van der Waals surface area contributed by atoms with Crippen LogP contribution in [0, 0.1) is 17.7 Å². The van der Waals surface area contributed by atoms with E-state index >= 15 is 0 Å². The molecule has 0 radical (unpaired) electrons. The molecular weight excluding hydrogens is 471 g/mol. The lowest BCUT2D eigenvalue weighted by molar-refractivity contribution is -0.144. The highest BCUT2D eigenvalue weighted by Gasteiger charge is 2.27. The third kappa shape index (κ3) is 10.8. The van der Waals surface area contributed by atoms with Crippen LogP contribution in [0.5, 0.6) is 0 Å². The van der Waals surface area contributed by atoms with Crippen LogP contribution in [0.4, 0.5) is 4.39 Å². The third-order valence-corrected chi connectivity index (χ3v) is 7.34. The van der Waals surface area contributed by atoms with E-state index in [1.54, 1.807) is 13.0 Å². The molecule has 5 nitrogen and oxygen atoms in total. The van der Waals surface area contributed by atoms with Crippen LogP contribution in [-0.2, 0) is 25.5 Å². The summed E-state index contributed by atoms with van der Waals surface area (Å²) in [6, 6.07) is 5.81. The predicted molar refractivity (Wildman–Crippen MR) is 145 cm³/mol. The Hall–Kier alpha value is -2.47. The van der Waals surface area contributed by atoms with Gasteiger partial charge in [0.15, 0.2) is 0 Å². The Kier molecular flexibility index (Phi) is 13.6. The lowest BCUT2D eigenvalue weighted by atomic mass is 9.75. The summed E-state index contributed by atoms with van der Waals surface area (Å²) in [5.74, 6) is -0.609. The van der Waals surface area contributed by atoms with Crippen molar-refractivity contribution in [3.63, 3.8) is 0 Å². The van der Waals surface area contributed by atoms with Crippen molar-refractivity contribution < 1.29 is 28.6 Å². The fourth-order valence-corrected chi connectivity index (χ4v) is 5.00. The highest BCUT2D eigenvalue weighted by molar-refractivity contribution is 5.88. The van der Waals surface area contributed by atoms with Crippen molar-refractivity contribution in [2.45, 2.75) is 90.4 Å². The van der Waals surface area contributed by atoms with Crippen LogP contribution >= 0.6 is 0 Å².